The zero-order valence-electron chi connectivity index (χ0n) is 13.5. The van der Waals surface area contributed by atoms with Crippen molar-refractivity contribution in [1.82, 2.24) is 5.32 Å². The van der Waals surface area contributed by atoms with Crippen LogP contribution in [-0.4, -0.2) is 19.1 Å². The van der Waals surface area contributed by atoms with E-state index in [0.29, 0.717) is 19.6 Å². The van der Waals surface area contributed by atoms with Gasteiger partial charge in [0.1, 0.15) is 6.61 Å². The average molecular weight is 309 g/mol. The Morgan fingerprint density at radius 3 is 2.39 bits per heavy atom. The summed E-state index contributed by atoms with van der Waals surface area (Å²) in [5, 5.41) is 3.27. The van der Waals surface area contributed by atoms with E-state index in [0.717, 1.165) is 12.1 Å². The van der Waals surface area contributed by atoms with E-state index >= 15 is 0 Å². The predicted octanol–water partition coefficient (Wildman–Crippen LogP) is 3.81. The number of hydrogen-bond acceptors (Lipinski definition) is 3. The highest BCUT2D eigenvalue weighted by Gasteiger charge is 2.03. The van der Waals surface area contributed by atoms with Gasteiger partial charge < -0.3 is 10.1 Å². The standard InChI is InChI=1S/C20H23NO2/c1-17(14-18-8-4-2-5-9-18)15-21-13-12-20(22)23-16-19-10-6-3-7-11-19/h2-11,14,21H,12-13,15-16H2,1H3. The maximum absolute atomic E-state index is 11.7. The molecule has 0 saturated heterocycles. The van der Waals surface area contributed by atoms with Crippen LogP contribution in [0.1, 0.15) is 24.5 Å². The number of nitrogens with one attached hydrogen (secondary N) is 1. The lowest BCUT2D eigenvalue weighted by Crippen LogP contribution is -2.21. The number of hydrogen-bond donors (Lipinski definition) is 1. The van der Waals surface area contributed by atoms with Gasteiger partial charge in [0, 0.05) is 13.1 Å². The molecule has 0 amide bonds. The largest absolute Gasteiger partial charge is 0.461 e. The van der Waals surface area contributed by atoms with Crippen molar-refractivity contribution in [3.8, 4) is 0 Å². The van der Waals surface area contributed by atoms with Crippen molar-refractivity contribution in [2.45, 2.75) is 20.0 Å². The number of benzene rings is 2. The minimum atomic E-state index is -0.175. The lowest BCUT2D eigenvalue weighted by atomic mass is 10.1. The topological polar surface area (TPSA) is 38.3 Å². The van der Waals surface area contributed by atoms with Gasteiger partial charge in [-0.25, -0.2) is 0 Å². The Morgan fingerprint density at radius 1 is 1.04 bits per heavy atom. The summed E-state index contributed by atoms with van der Waals surface area (Å²) in [6.45, 7) is 3.80. The Balaban J connectivity index is 1.61. The van der Waals surface area contributed by atoms with Crippen LogP contribution in [0.25, 0.3) is 6.08 Å². The van der Waals surface area contributed by atoms with Crippen molar-refractivity contribution in [3.63, 3.8) is 0 Å². The van der Waals surface area contributed by atoms with E-state index in [2.05, 4.69) is 30.4 Å². The molecule has 0 unspecified atom stereocenters. The highest BCUT2D eigenvalue weighted by atomic mass is 16.5. The van der Waals surface area contributed by atoms with E-state index in [1.165, 1.54) is 11.1 Å². The third-order valence-corrected chi connectivity index (χ3v) is 3.37. The molecule has 3 heteroatoms. The van der Waals surface area contributed by atoms with Crippen LogP contribution in [0.15, 0.2) is 66.2 Å². The average Bonchev–Trinajstić information content (AvgIpc) is 2.59. The molecule has 0 aliphatic heterocycles. The quantitative estimate of drug-likeness (QED) is 0.595. The molecule has 0 fully saturated rings. The summed E-state index contributed by atoms with van der Waals surface area (Å²) in [7, 11) is 0. The van der Waals surface area contributed by atoms with E-state index in [1.54, 1.807) is 0 Å². The fourth-order valence-corrected chi connectivity index (χ4v) is 2.17. The van der Waals surface area contributed by atoms with E-state index < -0.39 is 0 Å². The van der Waals surface area contributed by atoms with Crippen molar-refractivity contribution < 1.29 is 9.53 Å². The smallest absolute Gasteiger partial charge is 0.307 e. The second-order valence-electron chi connectivity index (χ2n) is 5.47. The van der Waals surface area contributed by atoms with Gasteiger partial charge in [-0.2, -0.15) is 0 Å². The summed E-state index contributed by atoms with van der Waals surface area (Å²) in [5.74, 6) is -0.175. The third kappa shape index (κ3) is 6.94. The molecule has 0 atom stereocenters. The second-order valence-corrected chi connectivity index (χ2v) is 5.47. The molecule has 120 valence electrons. The molecular weight excluding hydrogens is 286 g/mol. The first kappa shape index (κ1) is 17.0. The molecule has 0 aliphatic carbocycles. The summed E-state index contributed by atoms with van der Waals surface area (Å²) in [4.78, 5) is 11.7. The molecule has 2 rings (SSSR count). The maximum atomic E-state index is 11.7. The summed E-state index contributed by atoms with van der Waals surface area (Å²) in [5.41, 5.74) is 3.43. The molecule has 0 spiro atoms. The first-order valence-electron chi connectivity index (χ1n) is 7.86. The zero-order valence-corrected chi connectivity index (χ0v) is 13.5. The minimum Gasteiger partial charge on any atom is -0.461 e. The molecule has 0 aliphatic rings. The Labute approximate surface area is 138 Å². The van der Waals surface area contributed by atoms with Crippen molar-refractivity contribution >= 4 is 12.0 Å². The molecule has 3 nitrogen and oxygen atoms in total. The van der Waals surface area contributed by atoms with E-state index in [1.807, 2.05) is 48.5 Å². The highest BCUT2D eigenvalue weighted by molar-refractivity contribution is 5.69. The molecule has 0 radical (unpaired) electrons. The van der Waals surface area contributed by atoms with Gasteiger partial charge in [0.05, 0.1) is 6.42 Å². The summed E-state index contributed by atoms with van der Waals surface area (Å²) in [6.07, 6.45) is 2.52. The van der Waals surface area contributed by atoms with Gasteiger partial charge in [-0.1, -0.05) is 72.3 Å². The van der Waals surface area contributed by atoms with Gasteiger partial charge in [0.25, 0.3) is 0 Å². The summed E-state index contributed by atoms with van der Waals surface area (Å²) in [6, 6.07) is 19.9. The molecule has 2 aromatic carbocycles. The van der Waals surface area contributed by atoms with E-state index in [4.69, 9.17) is 4.74 Å². The van der Waals surface area contributed by atoms with Crippen LogP contribution < -0.4 is 5.32 Å². The minimum absolute atomic E-state index is 0.175. The lowest BCUT2D eigenvalue weighted by Gasteiger charge is -2.07. The summed E-state index contributed by atoms with van der Waals surface area (Å²) >= 11 is 0. The van der Waals surface area contributed by atoms with Crippen LogP contribution in [0.5, 0.6) is 0 Å². The monoisotopic (exact) mass is 309 g/mol. The second kappa shape index (κ2) is 9.59. The Kier molecular flexibility index (Phi) is 7.08. The van der Waals surface area contributed by atoms with Crippen LogP contribution in [0.4, 0.5) is 0 Å². The first-order chi connectivity index (χ1) is 11.2. The zero-order chi connectivity index (χ0) is 16.3. The van der Waals surface area contributed by atoms with Gasteiger partial charge in [-0.05, 0) is 18.1 Å². The van der Waals surface area contributed by atoms with Crippen LogP contribution in [0.2, 0.25) is 0 Å². The first-order valence-corrected chi connectivity index (χ1v) is 7.86. The van der Waals surface area contributed by atoms with Crippen molar-refractivity contribution in [2.75, 3.05) is 13.1 Å². The number of esters is 1. The maximum Gasteiger partial charge on any atom is 0.307 e. The fraction of sp³-hybridized carbons (Fsp3) is 0.250. The van der Waals surface area contributed by atoms with Crippen LogP contribution >= 0.6 is 0 Å². The third-order valence-electron chi connectivity index (χ3n) is 3.37. The molecule has 23 heavy (non-hydrogen) atoms. The molecule has 0 heterocycles. The number of ether oxygens (including phenoxy) is 1. The molecular formula is C20H23NO2. The summed E-state index contributed by atoms with van der Waals surface area (Å²) < 4.78 is 5.24. The number of carbonyl (C=O) groups excluding carboxylic acids is 1. The Morgan fingerprint density at radius 2 is 1.70 bits per heavy atom. The molecule has 0 saturated carbocycles. The van der Waals surface area contributed by atoms with Gasteiger partial charge >= 0.3 is 5.97 Å². The SMILES string of the molecule is CC(=Cc1ccccc1)CNCCC(=O)OCc1ccccc1. The molecule has 0 aromatic heterocycles. The Bertz CT molecular complexity index is 621. The number of carbonyl (C=O) groups is 1. The highest BCUT2D eigenvalue weighted by Crippen LogP contribution is 2.05. The van der Waals surface area contributed by atoms with E-state index in [-0.39, 0.29) is 5.97 Å². The molecule has 0 bridgehead atoms. The number of rotatable bonds is 8. The van der Waals surface area contributed by atoms with Gasteiger partial charge in [-0.3, -0.25) is 4.79 Å². The van der Waals surface area contributed by atoms with Crippen LogP contribution in [0, 0.1) is 0 Å². The van der Waals surface area contributed by atoms with Crippen molar-refractivity contribution in [1.29, 1.82) is 0 Å². The fourth-order valence-electron chi connectivity index (χ4n) is 2.17. The Hall–Kier alpha value is -2.39. The predicted molar refractivity (Wildman–Crippen MR) is 93.8 cm³/mol. The lowest BCUT2D eigenvalue weighted by molar-refractivity contribution is -0.144. The van der Waals surface area contributed by atoms with Gasteiger partial charge in [-0.15, -0.1) is 0 Å². The molecule has 1 N–H and O–H groups in total. The molecule has 2 aromatic rings. The van der Waals surface area contributed by atoms with E-state index in [9.17, 15) is 4.79 Å². The van der Waals surface area contributed by atoms with Crippen molar-refractivity contribution in [2.24, 2.45) is 0 Å². The van der Waals surface area contributed by atoms with Gasteiger partial charge in [0.2, 0.25) is 0 Å². The van der Waals surface area contributed by atoms with Gasteiger partial charge in [0.15, 0.2) is 0 Å². The normalized spacial score (nSPS) is 11.3. The van der Waals surface area contributed by atoms with Crippen LogP contribution in [0.3, 0.4) is 0 Å². The van der Waals surface area contributed by atoms with Crippen LogP contribution in [-0.2, 0) is 16.1 Å². The van der Waals surface area contributed by atoms with Crippen molar-refractivity contribution in [3.05, 3.63) is 77.4 Å².